The number of nitrogens with zero attached hydrogens (tertiary/aromatic N) is 2. The Hall–Kier alpha value is -4.08. The summed E-state index contributed by atoms with van der Waals surface area (Å²) in [6, 6.07) is 23.8. The van der Waals surface area contributed by atoms with E-state index in [2.05, 4.69) is 115 Å². The lowest BCUT2D eigenvalue weighted by atomic mass is 10.1. The van der Waals surface area contributed by atoms with E-state index in [1.54, 1.807) is 0 Å². The second-order valence-corrected chi connectivity index (χ2v) is 9.68. The molecule has 6 rings (SSSR count). The molecule has 164 valence electrons. The lowest BCUT2D eigenvalue weighted by Gasteiger charge is -2.11. The first-order chi connectivity index (χ1) is 16.6. The molecule has 0 fully saturated rings. The van der Waals surface area contributed by atoms with E-state index in [-0.39, 0.29) is 0 Å². The average molecular weight is 457 g/mol. The first-order valence-electron chi connectivity index (χ1n) is 11.3. The van der Waals surface area contributed by atoms with Crippen molar-refractivity contribution in [1.29, 1.82) is 0 Å². The lowest BCUT2D eigenvalue weighted by Crippen LogP contribution is -2.31. The largest absolute Gasteiger partial charge is 0.355 e. The SMILES string of the molecule is C=C1/C=C\C=C/N(C)/C=c2\c(c3ccc4sc5ccccc5c4c3n2-c2ccccc2)=C/C1=C. The third kappa shape index (κ3) is 3.25. The molecular formula is C31H24N2S. The highest BCUT2D eigenvalue weighted by Crippen LogP contribution is 2.38. The van der Waals surface area contributed by atoms with Crippen molar-refractivity contribution in [3.63, 3.8) is 0 Å². The summed E-state index contributed by atoms with van der Waals surface area (Å²) in [5.74, 6) is 0. The molecule has 3 aromatic carbocycles. The molecule has 0 aliphatic carbocycles. The molecule has 0 saturated carbocycles. The van der Waals surface area contributed by atoms with Gasteiger partial charge in [-0.25, -0.2) is 0 Å². The van der Waals surface area contributed by atoms with Gasteiger partial charge in [-0.3, -0.25) is 0 Å². The van der Waals surface area contributed by atoms with Crippen molar-refractivity contribution >= 4 is 54.7 Å². The van der Waals surface area contributed by atoms with Crippen LogP contribution in [0.25, 0.3) is 49.0 Å². The van der Waals surface area contributed by atoms with E-state index in [0.29, 0.717) is 0 Å². The fraction of sp³-hybridized carbons (Fsp3) is 0.0323. The molecule has 34 heavy (non-hydrogen) atoms. The van der Waals surface area contributed by atoms with Crippen molar-refractivity contribution in [2.75, 3.05) is 7.05 Å². The highest BCUT2D eigenvalue weighted by molar-refractivity contribution is 7.26. The Morgan fingerprint density at radius 3 is 2.41 bits per heavy atom. The van der Waals surface area contributed by atoms with Crippen LogP contribution >= 0.6 is 11.3 Å². The number of hydrogen-bond donors (Lipinski definition) is 0. The van der Waals surface area contributed by atoms with Crippen LogP contribution in [0.3, 0.4) is 0 Å². The summed E-state index contributed by atoms with van der Waals surface area (Å²) in [6.07, 6.45) is 12.5. The van der Waals surface area contributed by atoms with Gasteiger partial charge in [-0.1, -0.05) is 67.8 Å². The van der Waals surface area contributed by atoms with Crippen molar-refractivity contribution in [2.45, 2.75) is 0 Å². The summed E-state index contributed by atoms with van der Waals surface area (Å²) < 4.78 is 5.00. The van der Waals surface area contributed by atoms with Crippen LogP contribution < -0.4 is 10.6 Å². The lowest BCUT2D eigenvalue weighted by molar-refractivity contribution is 0.675. The molecule has 0 bridgehead atoms. The maximum absolute atomic E-state index is 4.34. The number of benzene rings is 3. The van der Waals surface area contributed by atoms with Crippen molar-refractivity contribution in [3.8, 4) is 5.69 Å². The normalized spacial score (nSPS) is 18.2. The Bertz CT molecular complexity index is 1790. The summed E-state index contributed by atoms with van der Waals surface area (Å²) in [5.41, 5.74) is 4.17. The van der Waals surface area contributed by atoms with Crippen LogP contribution in [0.1, 0.15) is 0 Å². The molecule has 0 unspecified atom stereocenters. The molecular weight excluding hydrogens is 432 g/mol. The quantitative estimate of drug-likeness (QED) is 0.274. The van der Waals surface area contributed by atoms with E-state index in [0.717, 1.165) is 27.4 Å². The molecule has 0 radical (unpaired) electrons. The maximum Gasteiger partial charge on any atom is 0.0703 e. The van der Waals surface area contributed by atoms with Crippen molar-refractivity contribution in [1.82, 2.24) is 9.47 Å². The Balaban J connectivity index is 1.90. The van der Waals surface area contributed by atoms with Crippen molar-refractivity contribution < 1.29 is 0 Å². The number of para-hydroxylation sites is 1. The Morgan fingerprint density at radius 1 is 0.765 bits per heavy atom. The number of fused-ring (bicyclic) bond motifs is 7. The topological polar surface area (TPSA) is 8.17 Å². The number of allylic oxidation sites excluding steroid dienone is 5. The standard InChI is InChI=1S/C31H24N2S/c1-21-11-9-10-18-32(3)20-27-26(19-22(21)2)24-16-17-29-30(25-14-7-8-15-28(25)34-29)31(24)33(27)23-12-5-4-6-13-23/h4-20H,1-2H2,3H3/b11-9-,18-10-,26-19-,27-20+. The second-order valence-electron chi connectivity index (χ2n) is 8.59. The molecule has 0 amide bonds. The van der Waals surface area contributed by atoms with Crippen LogP contribution in [0.4, 0.5) is 0 Å². The van der Waals surface area contributed by atoms with E-state index < -0.39 is 0 Å². The summed E-state index contributed by atoms with van der Waals surface area (Å²) in [6.45, 7) is 8.58. The van der Waals surface area contributed by atoms with Crippen LogP contribution in [0.2, 0.25) is 0 Å². The zero-order valence-electron chi connectivity index (χ0n) is 19.0. The third-order valence-corrected chi connectivity index (χ3v) is 7.48. The monoisotopic (exact) mass is 456 g/mol. The fourth-order valence-corrected chi connectivity index (χ4v) is 5.83. The van der Waals surface area contributed by atoms with Gasteiger partial charge in [-0.15, -0.1) is 11.3 Å². The molecule has 0 spiro atoms. The Labute approximate surface area is 202 Å². The minimum atomic E-state index is 0.905. The Morgan fingerprint density at radius 2 is 1.56 bits per heavy atom. The van der Waals surface area contributed by atoms with E-state index in [4.69, 9.17) is 0 Å². The smallest absolute Gasteiger partial charge is 0.0703 e. The first-order valence-corrected chi connectivity index (χ1v) is 12.1. The predicted molar refractivity (Wildman–Crippen MR) is 149 cm³/mol. The van der Waals surface area contributed by atoms with Gasteiger partial charge < -0.3 is 9.47 Å². The van der Waals surface area contributed by atoms with Gasteiger partial charge in [-0.2, -0.15) is 0 Å². The minimum Gasteiger partial charge on any atom is -0.355 e. The number of thiophene rings is 1. The second kappa shape index (κ2) is 8.05. The van der Waals surface area contributed by atoms with E-state index in [9.17, 15) is 0 Å². The molecule has 2 nitrogen and oxygen atoms in total. The van der Waals surface area contributed by atoms with Crippen LogP contribution in [0.5, 0.6) is 0 Å². The van der Waals surface area contributed by atoms with Crippen LogP contribution in [0, 0.1) is 0 Å². The van der Waals surface area contributed by atoms with Crippen molar-refractivity contribution in [3.05, 3.63) is 126 Å². The zero-order valence-corrected chi connectivity index (χ0v) is 19.8. The van der Waals surface area contributed by atoms with Gasteiger partial charge in [0, 0.05) is 55.9 Å². The summed E-state index contributed by atoms with van der Waals surface area (Å²) >= 11 is 1.85. The van der Waals surface area contributed by atoms with Gasteiger partial charge in [0.25, 0.3) is 0 Å². The molecule has 3 heteroatoms. The van der Waals surface area contributed by atoms with E-state index in [1.165, 1.54) is 31.1 Å². The van der Waals surface area contributed by atoms with E-state index in [1.807, 2.05) is 29.6 Å². The number of hydrogen-bond acceptors (Lipinski definition) is 2. The predicted octanol–water partition coefficient (Wildman–Crippen LogP) is 6.64. The molecule has 0 saturated heterocycles. The number of aromatic nitrogens is 1. The first kappa shape index (κ1) is 20.5. The highest BCUT2D eigenvalue weighted by atomic mass is 32.1. The average Bonchev–Trinajstić information content (AvgIpc) is 3.37. The molecule has 1 aliphatic heterocycles. The minimum absolute atomic E-state index is 0.905. The molecule has 1 aliphatic rings. The van der Waals surface area contributed by atoms with Crippen LogP contribution in [0.15, 0.2) is 115 Å². The highest BCUT2D eigenvalue weighted by Gasteiger charge is 2.17. The van der Waals surface area contributed by atoms with Crippen molar-refractivity contribution in [2.24, 2.45) is 0 Å². The van der Waals surface area contributed by atoms with Gasteiger partial charge >= 0.3 is 0 Å². The zero-order chi connectivity index (χ0) is 23.2. The van der Waals surface area contributed by atoms with Gasteiger partial charge in [0.05, 0.1) is 10.9 Å². The molecule has 0 atom stereocenters. The Kier molecular flexibility index (Phi) is 4.86. The molecule has 3 heterocycles. The summed E-state index contributed by atoms with van der Waals surface area (Å²) in [4.78, 5) is 2.11. The fourth-order valence-electron chi connectivity index (χ4n) is 4.72. The van der Waals surface area contributed by atoms with Gasteiger partial charge in [0.2, 0.25) is 0 Å². The third-order valence-electron chi connectivity index (χ3n) is 6.35. The molecule has 2 aromatic heterocycles. The van der Waals surface area contributed by atoms with Gasteiger partial charge in [0.1, 0.15) is 0 Å². The maximum atomic E-state index is 4.34. The summed E-state index contributed by atoms with van der Waals surface area (Å²) in [7, 11) is 2.07. The van der Waals surface area contributed by atoms with Gasteiger partial charge in [0.15, 0.2) is 0 Å². The number of rotatable bonds is 1. The molecule has 5 aromatic rings. The molecule has 0 N–H and O–H groups in total. The summed E-state index contributed by atoms with van der Waals surface area (Å²) in [5, 5.41) is 6.07. The van der Waals surface area contributed by atoms with Crippen LogP contribution in [-0.4, -0.2) is 16.5 Å². The van der Waals surface area contributed by atoms with Crippen LogP contribution in [-0.2, 0) is 0 Å². The van der Waals surface area contributed by atoms with E-state index >= 15 is 0 Å². The van der Waals surface area contributed by atoms with Gasteiger partial charge in [-0.05, 0) is 47.6 Å².